The fraction of sp³-hybridized carbons (Fsp3) is 0.353. The molecule has 0 aromatic heterocycles. The van der Waals surface area contributed by atoms with Crippen LogP contribution in [0.15, 0.2) is 51.4 Å². The second kappa shape index (κ2) is 6.30. The molecule has 0 saturated carbocycles. The van der Waals surface area contributed by atoms with Crippen molar-refractivity contribution in [2.75, 3.05) is 11.5 Å². The third-order valence-corrected chi connectivity index (χ3v) is 7.31. The van der Waals surface area contributed by atoms with E-state index >= 15 is 0 Å². The summed E-state index contributed by atoms with van der Waals surface area (Å²) in [5.74, 6) is 2.47. The van der Waals surface area contributed by atoms with Gasteiger partial charge in [0.2, 0.25) is 0 Å². The molecule has 1 saturated heterocycles. The highest BCUT2D eigenvalue weighted by atomic mass is 32.2. The summed E-state index contributed by atoms with van der Waals surface area (Å²) < 4.78 is 1.51. The van der Waals surface area contributed by atoms with Crippen molar-refractivity contribution in [1.29, 1.82) is 0 Å². The quantitative estimate of drug-likeness (QED) is 0.737. The second-order valence-corrected chi connectivity index (χ2v) is 8.54. The lowest BCUT2D eigenvalue weighted by Crippen LogP contribution is -2.45. The molecule has 114 valence electrons. The molecule has 1 aliphatic carbocycles. The average molecular weight is 347 g/mol. The van der Waals surface area contributed by atoms with E-state index < -0.39 is 0 Å². The Balaban J connectivity index is 1.80. The molecule has 0 radical (unpaired) electrons. The molecular weight excluding hydrogens is 328 g/mol. The molecule has 1 aromatic rings. The fourth-order valence-corrected chi connectivity index (χ4v) is 6.18. The van der Waals surface area contributed by atoms with Crippen LogP contribution in [0.1, 0.15) is 30.9 Å². The van der Waals surface area contributed by atoms with Gasteiger partial charge in [-0.05, 0) is 48.2 Å². The van der Waals surface area contributed by atoms with Gasteiger partial charge >= 0.3 is 0 Å². The first-order chi connectivity index (χ1) is 10.8. The Kier molecular flexibility index (Phi) is 4.20. The zero-order valence-electron chi connectivity index (χ0n) is 12.2. The van der Waals surface area contributed by atoms with Gasteiger partial charge in [-0.25, -0.2) is 0 Å². The van der Waals surface area contributed by atoms with Gasteiger partial charge in [0.1, 0.15) is 0 Å². The summed E-state index contributed by atoms with van der Waals surface area (Å²) in [7, 11) is 0. The molecule has 1 fully saturated rings. The summed E-state index contributed by atoms with van der Waals surface area (Å²) in [5.41, 5.74) is 5.58. The smallest absolute Gasteiger partial charge is 0.171 e. The molecule has 1 atom stereocenters. The lowest BCUT2D eigenvalue weighted by Gasteiger charge is -2.36. The molecule has 0 spiro atoms. The molecule has 1 aromatic carbocycles. The van der Waals surface area contributed by atoms with E-state index in [1.807, 2.05) is 23.5 Å². The highest BCUT2D eigenvalue weighted by Crippen LogP contribution is 2.46. The maximum absolute atomic E-state index is 5.49. The van der Waals surface area contributed by atoms with Gasteiger partial charge in [-0.2, -0.15) is 0 Å². The molecular formula is C17H18N2S3. The topological polar surface area (TPSA) is 24.1 Å². The molecule has 0 unspecified atom stereocenters. The van der Waals surface area contributed by atoms with E-state index in [4.69, 9.17) is 12.2 Å². The van der Waals surface area contributed by atoms with Gasteiger partial charge in [-0.15, -0.1) is 23.5 Å². The van der Waals surface area contributed by atoms with Crippen LogP contribution in [0.2, 0.25) is 0 Å². The molecule has 2 nitrogen and oxygen atoms in total. The summed E-state index contributed by atoms with van der Waals surface area (Å²) in [6.45, 7) is 0. The minimum Gasteiger partial charge on any atom is -0.352 e. The summed E-state index contributed by atoms with van der Waals surface area (Å²) in [4.78, 5) is 0. The SMILES string of the molecule is S=C1NC2=C(CCCC2=C2SCCS2)[C@@H](c2ccccc2)N1. The molecule has 0 amide bonds. The predicted octanol–water partition coefficient (Wildman–Crippen LogP) is 4.34. The zero-order chi connectivity index (χ0) is 14.9. The van der Waals surface area contributed by atoms with E-state index in [1.54, 1.807) is 0 Å². The maximum atomic E-state index is 5.49. The van der Waals surface area contributed by atoms with Crippen molar-refractivity contribution >= 4 is 40.9 Å². The van der Waals surface area contributed by atoms with Crippen LogP contribution in [-0.4, -0.2) is 16.6 Å². The first-order valence-corrected chi connectivity index (χ1v) is 10.1. The number of benzene rings is 1. The van der Waals surface area contributed by atoms with Crippen molar-refractivity contribution in [3.8, 4) is 0 Å². The highest BCUT2D eigenvalue weighted by Gasteiger charge is 2.32. The number of thioether (sulfide) groups is 2. The molecule has 5 heteroatoms. The molecule has 4 rings (SSSR count). The van der Waals surface area contributed by atoms with Crippen molar-refractivity contribution in [3.05, 3.63) is 57.0 Å². The monoisotopic (exact) mass is 346 g/mol. The van der Waals surface area contributed by atoms with Crippen LogP contribution in [0.5, 0.6) is 0 Å². The Morgan fingerprint density at radius 1 is 1.05 bits per heavy atom. The first-order valence-electron chi connectivity index (χ1n) is 7.67. The van der Waals surface area contributed by atoms with Crippen LogP contribution >= 0.6 is 35.7 Å². The van der Waals surface area contributed by atoms with Crippen molar-refractivity contribution in [3.63, 3.8) is 0 Å². The number of hydrogen-bond donors (Lipinski definition) is 2. The zero-order valence-corrected chi connectivity index (χ0v) is 14.7. The number of thiocarbonyl (C=S) groups is 1. The fourth-order valence-electron chi connectivity index (χ4n) is 3.33. The summed E-state index contributed by atoms with van der Waals surface area (Å²) >= 11 is 9.50. The van der Waals surface area contributed by atoms with Crippen molar-refractivity contribution in [1.82, 2.24) is 10.6 Å². The largest absolute Gasteiger partial charge is 0.352 e. The van der Waals surface area contributed by atoms with Gasteiger partial charge in [0, 0.05) is 21.4 Å². The Hall–Kier alpha value is -0.910. The average Bonchev–Trinajstić information content (AvgIpc) is 3.08. The van der Waals surface area contributed by atoms with Crippen molar-refractivity contribution in [2.45, 2.75) is 25.3 Å². The highest BCUT2D eigenvalue weighted by molar-refractivity contribution is 8.25. The molecule has 2 aliphatic heterocycles. The minimum absolute atomic E-state index is 0.220. The van der Waals surface area contributed by atoms with Crippen LogP contribution in [0, 0.1) is 0 Å². The molecule has 2 N–H and O–H groups in total. The summed E-state index contributed by atoms with van der Waals surface area (Å²) in [6.07, 6.45) is 3.55. The van der Waals surface area contributed by atoms with Crippen LogP contribution in [0.25, 0.3) is 0 Å². The van der Waals surface area contributed by atoms with Crippen molar-refractivity contribution < 1.29 is 0 Å². The molecule has 22 heavy (non-hydrogen) atoms. The van der Waals surface area contributed by atoms with Gasteiger partial charge < -0.3 is 10.6 Å². The van der Waals surface area contributed by atoms with Crippen LogP contribution < -0.4 is 10.6 Å². The Morgan fingerprint density at radius 2 is 1.82 bits per heavy atom. The van der Waals surface area contributed by atoms with E-state index in [9.17, 15) is 0 Å². The minimum atomic E-state index is 0.220. The standard InChI is InChI=1S/C17H18N2S3/c20-17-18-14(11-5-2-1-3-6-11)12-7-4-8-13(15(12)19-17)16-21-9-10-22-16/h1-3,5-6,14H,4,7-10H2,(H2,18,19,20)/t14-/m1/s1. The number of hydrogen-bond acceptors (Lipinski definition) is 3. The van der Waals surface area contributed by atoms with Crippen LogP contribution in [0.4, 0.5) is 0 Å². The summed E-state index contributed by atoms with van der Waals surface area (Å²) in [5, 5.41) is 7.68. The van der Waals surface area contributed by atoms with Crippen LogP contribution in [0.3, 0.4) is 0 Å². The predicted molar refractivity (Wildman–Crippen MR) is 101 cm³/mol. The van der Waals surface area contributed by atoms with Gasteiger partial charge in [0.05, 0.1) is 6.04 Å². The van der Waals surface area contributed by atoms with E-state index in [0.29, 0.717) is 0 Å². The van der Waals surface area contributed by atoms with Gasteiger partial charge in [0.25, 0.3) is 0 Å². The third kappa shape index (κ3) is 2.70. The second-order valence-electron chi connectivity index (χ2n) is 5.66. The van der Waals surface area contributed by atoms with E-state index in [0.717, 1.165) is 11.5 Å². The Labute approximate surface area is 145 Å². The van der Waals surface area contributed by atoms with Crippen molar-refractivity contribution in [2.24, 2.45) is 0 Å². The van der Waals surface area contributed by atoms with E-state index in [1.165, 1.54) is 51.0 Å². The van der Waals surface area contributed by atoms with Gasteiger partial charge in [-0.1, -0.05) is 30.3 Å². The van der Waals surface area contributed by atoms with E-state index in [-0.39, 0.29) is 6.04 Å². The summed E-state index contributed by atoms with van der Waals surface area (Å²) in [6, 6.07) is 10.9. The molecule has 2 heterocycles. The Morgan fingerprint density at radius 3 is 2.59 bits per heavy atom. The lowest BCUT2D eigenvalue weighted by molar-refractivity contribution is 0.608. The Bertz CT molecular complexity index is 656. The van der Waals surface area contributed by atoms with Gasteiger partial charge in [0.15, 0.2) is 5.11 Å². The number of allylic oxidation sites excluding steroid dienone is 1. The number of nitrogens with one attached hydrogen (secondary N) is 2. The molecule has 0 bridgehead atoms. The lowest BCUT2D eigenvalue weighted by atomic mass is 9.84. The normalized spacial score (nSPS) is 24.9. The maximum Gasteiger partial charge on any atom is 0.171 e. The van der Waals surface area contributed by atoms with E-state index in [2.05, 4.69) is 41.0 Å². The number of rotatable bonds is 1. The van der Waals surface area contributed by atoms with Crippen LogP contribution in [-0.2, 0) is 0 Å². The van der Waals surface area contributed by atoms with Gasteiger partial charge in [-0.3, -0.25) is 0 Å². The first kappa shape index (κ1) is 14.7. The molecule has 3 aliphatic rings. The third-order valence-electron chi connectivity index (χ3n) is 4.29.